The van der Waals surface area contributed by atoms with E-state index >= 15 is 0 Å². The molecule has 0 atom stereocenters. The number of carboxylic acid groups (broad SMARTS) is 1. The SMILES string of the molecule is CC(C)c1nc(-c2ccc(Cl)cc2Br)sc1C(=O)O. The van der Waals surface area contributed by atoms with Crippen molar-refractivity contribution in [2.45, 2.75) is 19.8 Å². The fourth-order valence-electron chi connectivity index (χ4n) is 1.65. The molecule has 0 fully saturated rings. The maximum Gasteiger partial charge on any atom is 0.347 e. The predicted octanol–water partition coefficient (Wildman–Crippen LogP) is 5.05. The Kier molecular flexibility index (Phi) is 4.28. The van der Waals surface area contributed by atoms with E-state index in [0.29, 0.717) is 20.6 Å². The first-order valence-electron chi connectivity index (χ1n) is 5.59. The monoisotopic (exact) mass is 359 g/mol. The average Bonchev–Trinajstić information content (AvgIpc) is 2.73. The van der Waals surface area contributed by atoms with Crippen molar-refractivity contribution in [2.24, 2.45) is 0 Å². The van der Waals surface area contributed by atoms with Crippen molar-refractivity contribution >= 4 is 44.8 Å². The van der Waals surface area contributed by atoms with Crippen LogP contribution in [0, 0.1) is 0 Å². The molecule has 2 aromatic rings. The molecule has 6 heteroatoms. The lowest BCUT2D eigenvalue weighted by Gasteiger charge is -2.02. The van der Waals surface area contributed by atoms with Crippen LogP contribution >= 0.6 is 38.9 Å². The van der Waals surface area contributed by atoms with E-state index < -0.39 is 5.97 Å². The number of benzene rings is 1. The molecule has 0 radical (unpaired) electrons. The second-order valence-corrected chi connectivity index (χ2v) is 6.61. The van der Waals surface area contributed by atoms with Gasteiger partial charge in [-0.05, 0) is 24.1 Å². The van der Waals surface area contributed by atoms with Crippen molar-refractivity contribution in [3.63, 3.8) is 0 Å². The van der Waals surface area contributed by atoms with Gasteiger partial charge in [-0.25, -0.2) is 9.78 Å². The van der Waals surface area contributed by atoms with Gasteiger partial charge in [-0.3, -0.25) is 0 Å². The molecule has 0 aliphatic carbocycles. The van der Waals surface area contributed by atoms with Gasteiger partial charge in [-0.1, -0.05) is 41.4 Å². The minimum Gasteiger partial charge on any atom is -0.477 e. The lowest BCUT2D eigenvalue weighted by molar-refractivity contribution is 0.0700. The Balaban J connectivity index is 2.57. The highest BCUT2D eigenvalue weighted by molar-refractivity contribution is 9.10. The number of aromatic nitrogens is 1. The first-order chi connectivity index (χ1) is 8.90. The maximum absolute atomic E-state index is 11.2. The predicted molar refractivity (Wildman–Crippen MR) is 81.3 cm³/mol. The van der Waals surface area contributed by atoms with Crippen molar-refractivity contribution in [1.82, 2.24) is 4.98 Å². The highest BCUT2D eigenvalue weighted by Gasteiger charge is 2.21. The molecule has 19 heavy (non-hydrogen) atoms. The van der Waals surface area contributed by atoms with Gasteiger partial charge >= 0.3 is 5.97 Å². The van der Waals surface area contributed by atoms with Gasteiger partial charge in [0.15, 0.2) is 0 Å². The Hall–Kier alpha value is -0.910. The van der Waals surface area contributed by atoms with Gasteiger partial charge in [-0.15, -0.1) is 11.3 Å². The summed E-state index contributed by atoms with van der Waals surface area (Å²) in [4.78, 5) is 16.0. The van der Waals surface area contributed by atoms with E-state index in [0.717, 1.165) is 10.0 Å². The van der Waals surface area contributed by atoms with Crippen LogP contribution in [0.15, 0.2) is 22.7 Å². The van der Waals surface area contributed by atoms with Crippen molar-refractivity contribution < 1.29 is 9.90 Å². The van der Waals surface area contributed by atoms with Crippen LogP contribution in [0.1, 0.15) is 35.1 Å². The summed E-state index contributed by atoms with van der Waals surface area (Å²) in [6.07, 6.45) is 0. The molecule has 0 unspecified atom stereocenters. The van der Waals surface area contributed by atoms with Gasteiger partial charge in [0.05, 0.1) is 5.69 Å². The first kappa shape index (κ1) is 14.5. The van der Waals surface area contributed by atoms with Crippen LogP contribution < -0.4 is 0 Å². The zero-order valence-electron chi connectivity index (χ0n) is 10.3. The maximum atomic E-state index is 11.2. The lowest BCUT2D eigenvalue weighted by atomic mass is 10.1. The molecule has 1 aromatic carbocycles. The molecule has 0 amide bonds. The molecule has 0 aliphatic heterocycles. The van der Waals surface area contributed by atoms with E-state index in [-0.39, 0.29) is 5.92 Å². The topological polar surface area (TPSA) is 50.2 Å². The number of carbonyl (C=O) groups is 1. The lowest BCUT2D eigenvalue weighted by Crippen LogP contribution is -2.00. The fraction of sp³-hybridized carbons (Fsp3) is 0.231. The number of hydrogen-bond acceptors (Lipinski definition) is 3. The molecule has 2 rings (SSSR count). The van der Waals surface area contributed by atoms with Gasteiger partial charge < -0.3 is 5.11 Å². The number of hydrogen-bond donors (Lipinski definition) is 1. The quantitative estimate of drug-likeness (QED) is 0.833. The van der Waals surface area contributed by atoms with Crippen LogP contribution in [0.5, 0.6) is 0 Å². The van der Waals surface area contributed by atoms with Crippen LogP contribution in [-0.2, 0) is 0 Å². The van der Waals surface area contributed by atoms with Gasteiger partial charge in [-0.2, -0.15) is 0 Å². The van der Waals surface area contributed by atoms with Crippen molar-refractivity contribution in [3.8, 4) is 10.6 Å². The average molecular weight is 361 g/mol. The number of halogens is 2. The van der Waals surface area contributed by atoms with Gasteiger partial charge in [0, 0.05) is 15.1 Å². The fourth-order valence-corrected chi connectivity index (χ4v) is 3.75. The van der Waals surface area contributed by atoms with E-state index in [1.54, 1.807) is 12.1 Å². The summed E-state index contributed by atoms with van der Waals surface area (Å²) in [7, 11) is 0. The number of aromatic carboxylic acids is 1. The largest absolute Gasteiger partial charge is 0.477 e. The third-order valence-electron chi connectivity index (χ3n) is 2.56. The second kappa shape index (κ2) is 5.61. The van der Waals surface area contributed by atoms with Crippen LogP contribution in [0.2, 0.25) is 5.02 Å². The third-order valence-corrected chi connectivity index (χ3v) is 4.54. The van der Waals surface area contributed by atoms with E-state index in [1.807, 2.05) is 19.9 Å². The Morgan fingerprint density at radius 3 is 2.63 bits per heavy atom. The summed E-state index contributed by atoms with van der Waals surface area (Å²) < 4.78 is 0.806. The van der Waals surface area contributed by atoms with Crippen LogP contribution in [0.4, 0.5) is 0 Å². The molecule has 1 N–H and O–H groups in total. The zero-order valence-corrected chi connectivity index (χ0v) is 13.4. The number of carboxylic acids is 1. The van der Waals surface area contributed by atoms with Gasteiger partial charge in [0.2, 0.25) is 0 Å². The second-order valence-electron chi connectivity index (χ2n) is 4.32. The van der Waals surface area contributed by atoms with Crippen molar-refractivity contribution in [2.75, 3.05) is 0 Å². The molecule has 0 saturated heterocycles. The summed E-state index contributed by atoms with van der Waals surface area (Å²) in [6, 6.07) is 5.37. The number of rotatable bonds is 3. The van der Waals surface area contributed by atoms with E-state index in [1.165, 1.54) is 11.3 Å². The molecule has 0 spiro atoms. The van der Waals surface area contributed by atoms with Crippen LogP contribution in [0.3, 0.4) is 0 Å². The van der Waals surface area contributed by atoms with E-state index in [9.17, 15) is 9.90 Å². The number of nitrogens with zero attached hydrogens (tertiary/aromatic N) is 1. The van der Waals surface area contributed by atoms with Crippen LogP contribution in [-0.4, -0.2) is 16.1 Å². The molecule has 0 saturated carbocycles. The molecule has 0 bridgehead atoms. The highest BCUT2D eigenvalue weighted by Crippen LogP contribution is 2.36. The molecule has 1 aromatic heterocycles. The molecular formula is C13H11BrClNO2S. The smallest absolute Gasteiger partial charge is 0.347 e. The normalized spacial score (nSPS) is 11.0. The van der Waals surface area contributed by atoms with E-state index in [2.05, 4.69) is 20.9 Å². The number of thiazole rings is 1. The summed E-state index contributed by atoms with van der Waals surface area (Å²) in [5, 5.41) is 10.5. The Bertz CT molecular complexity index is 640. The van der Waals surface area contributed by atoms with E-state index in [4.69, 9.17) is 11.6 Å². The summed E-state index contributed by atoms with van der Waals surface area (Å²) in [5.41, 5.74) is 1.47. The standard InChI is InChI=1S/C13H11BrClNO2S/c1-6(2)10-11(13(17)18)19-12(16-10)8-4-3-7(15)5-9(8)14/h3-6H,1-2H3,(H,17,18). The minimum absolute atomic E-state index is 0.0715. The molecule has 100 valence electrons. The van der Waals surface area contributed by atoms with Crippen molar-refractivity contribution in [3.05, 3.63) is 38.3 Å². The Morgan fingerprint density at radius 2 is 2.16 bits per heavy atom. The van der Waals surface area contributed by atoms with Crippen LogP contribution in [0.25, 0.3) is 10.6 Å². The zero-order chi connectivity index (χ0) is 14.2. The Labute approximate surface area is 128 Å². The molecule has 0 aliphatic rings. The molecule has 3 nitrogen and oxygen atoms in total. The Morgan fingerprint density at radius 1 is 1.47 bits per heavy atom. The highest BCUT2D eigenvalue weighted by atomic mass is 79.9. The summed E-state index contributed by atoms with van der Waals surface area (Å²) in [6.45, 7) is 3.87. The molecule has 1 heterocycles. The molecular weight excluding hydrogens is 350 g/mol. The van der Waals surface area contributed by atoms with Crippen molar-refractivity contribution in [1.29, 1.82) is 0 Å². The summed E-state index contributed by atoms with van der Waals surface area (Å²) in [5.74, 6) is -0.861. The third kappa shape index (κ3) is 2.99. The minimum atomic E-state index is -0.933. The van der Waals surface area contributed by atoms with Gasteiger partial charge in [0.25, 0.3) is 0 Å². The summed E-state index contributed by atoms with van der Waals surface area (Å²) >= 11 is 10.5. The first-order valence-corrected chi connectivity index (χ1v) is 7.58. The van der Waals surface area contributed by atoms with Gasteiger partial charge in [0.1, 0.15) is 9.88 Å².